The first-order valence-electron chi connectivity index (χ1n) is 8.32. The van der Waals surface area contributed by atoms with Crippen molar-refractivity contribution in [2.24, 2.45) is 0 Å². The molecule has 0 bridgehead atoms. The second-order valence-electron chi connectivity index (χ2n) is 6.10. The van der Waals surface area contributed by atoms with E-state index >= 15 is 0 Å². The largest absolute Gasteiger partial charge is 0.340 e. The quantitative estimate of drug-likeness (QED) is 0.631. The maximum Gasteiger partial charge on any atom is 0.229 e. The highest BCUT2D eigenvalue weighted by atomic mass is 16.1. The Kier molecular flexibility index (Phi) is 5.12. The van der Waals surface area contributed by atoms with E-state index in [-0.39, 0.29) is 5.91 Å². The molecule has 0 spiro atoms. The van der Waals surface area contributed by atoms with Crippen LogP contribution in [0.4, 0.5) is 28.8 Å². The van der Waals surface area contributed by atoms with E-state index in [4.69, 9.17) is 0 Å². The van der Waals surface area contributed by atoms with Crippen LogP contribution in [0.1, 0.15) is 18.2 Å². The smallest absolute Gasteiger partial charge is 0.229 e. The van der Waals surface area contributed by atoms with Crippen molar-refractivity contribution in [3.05, 3.63) is 65.9 Å². The van der Waals surface area contributed by atoms with Gasteiger partial charge in [-0.3, -0.25) is 4.79 Å². The zero-order valence-electron chi connectivity index (χ0n) is 15.0. The molecule has 0 radical (unpaired) electrons. The Morgan fingerprint density at radius 2 is 1.54 bits per heavy atom. The van der Waals surface area contributed by atoms with Crippen molar-refractivity contribution in [3.63, 3.8) is 0 Å². The number of benzene rings is 2. The van der Waals surface area contributed by atoms with Crippen LogP contribution in [0.2, 0.25) is 0 Å². The molecule has 6 nitrogen and oxygen atoms in total. The lowest BCUT2D eigenvalue weighted by molar-refractivity contribution is -0.114. The van der Waals surface area contributed by atoms with Crippen LogP contribution in [0.15, 0.2) is 54.6 Å². The summed E-state index contributed by atoms with van der Waals surface area (Å²) in [5, 5.41) is 9.24. The third-order valence-corrected chi connectivity index (χ3v) is 3.58. The summed E-state index contributed by atoms with van der Waals surface area (Å²) in [7, 11) is 0. The van der Waals surface area contributed by atoms with Gasteiger partial charge in [-0.1, -0.05) is 18.2 Å². The molecule has 0 aliphatic carbocycles. The van der Waals surface area contributed by atoms with Crippen LogP contribution in [0.25, 0.3) is 0 Å². The van der Waals surface area contributed by atoms with E-state index in [0.717, 1.165) is 17.1 Å². The molecule has 3 rings (SSSR count). The van der Waals surface area contributed by atoms with Crippen LogP contribution in [0.5, 0.6) is 0 Å². The fraction of sp³-hybridized carbons (Fsp3) is 0.150. The predicted molar refractivity (Wildman–Crippen MR) is 105 cm³/mol. The van der Waals surface area contributed by atoms with Crippen LogP contribution in [-0.2, 0) is 4.79 Å². The minimum absolute atomic E-state index is 0.112. The van der Waals surface area contributed by atoms with Gasteiger partial charge in [0.1, 0.15) is 5.82 Å². The molecule has 0 aliphatic rings. The number of carbonyl (C=O) groups is 1. The molecular formula is C20H21N5O. The van der Waals surface area contributed by atoms with E-state index in [1.807, 2.05) is 62.4 Å². The van der Waals surface area contributed by atoms with Gasteiger partial charge in [-0.15, -0.1) is 0 Å². The minimum atomic E-state index is -0.112. The van der Waals surface area contributed by atoms with E-state index in [2.05, 4.69) is 32.0 Å². The van der Waals surface area contributed by atoms with Crippen molar-refractivity contribution in [2.75, 3.05) is 16.0 Å². The summed E-state index contributed by atoms with van der Waals surface area (Å²) >= 11 is 0. The van der Waals surface area contributed by atoms with Crippen molar-refractivity contribution in [2.45, 2.75) is 20.8 Å². The molecule has 26 heavy (non-hydrogen) atoms. The third kappa shape index (κ3) is 4.80. The maximum absolute atomic E-state index is 11.2. The SMILES string of the molecule is CC(=O)Nc1cccc(Nc2nc(C)cc(Nc3cccc(C)c3)n2)c1. The molecule has 1 aromatic heterocycles. The van der Waals surface area contributed by atoms with Crippen LogP contribution >= 0.6 is 0 Å². The van der Waals surface area contributed by atoms with Crippen LogP contribution < -0.4 is 16.0 Å². The summed E-state index contributed by atoms with van der Waals surface area (Å²) in [4.78, 5) is 20.2. The van der Waals surface area contributed by atoms with E-state index < -0.39 is 0 Å². The zero-order valence-corrected chi connectivity index (χ0v) is 15.0. The predicted octanol–water partition coefficient (Wildman–Crippen LogP) is 4.54. The molecule has 1 heterocycles. The van der Waals surface area contributed by atoms with Crippen molar-refractivity contribution < 1.29 is 4.79 Å². The van der Waals surface area contributed by atoms with E-state index in [1.54, 1.807) is 0 Å². The molecule has 0 aliphatic heterocycles. The summed E-state index contributed by atoms with van der Waals surface area (Å²) < 4.78 is 0. The Morgan fingerprint density at radius 3 is 2.27 bits per heavy atom. The summed E-state index contributed by atoms with van der Waals surface area (Å²) in [6.07, 6.45) is 0. The fourth-order valence-corrected chi connectivity index (χ4v) is 2.57. The molecule has 132 valence electrons. The molecule has 6 heteroatoms. The average Bonchev–Trinajstić information content (AvgIpc) is 2.54. The second-order valence-corrected chi connectivity index (χ2v) is 6.10. The van der Waals surface area contributed by atoms with E-state index in [0.29, 0.717) is 17.5 Å². The fourth-order valence-electron chi connectivity index (χ4n) is 2.57. The molecule has 0 unspecified atom stereocenters. The molecule has 3 N–H and O–H groups in total. The van der Waals surface area contributed by atoms with Crippen molar-refractivity contribution in [3.8, 4) is 0 Å². The van der Waals surface area contributed by atoms with Crippen LogP contribution in [0.3, 0.4) is 0 Å². The number of nitrogens with one attached hydrogen (secondary N) is 3. The van der Waals surface area contributed by atoms with Crippen LogP contribution in [0, 0.1) is 13.8 Å². The van der Waals surface area contributed by atoms with Gasteiger partial charge in [0.05, 0.1) is 0 Å². The summed E-state index contributed by atoms with van der Waals surface area (Å²) in [6.45, 7) is 5.44. The van der Waals surface area contributed by atoms with Crippen molar-refractivity contribution in [1.29, 1.82) is 0 Å². The Balaban J connectivity index is 1.80. The Labute approximate surface area is 152 Å². The standard InChI is InChI=1S/C20H21N5O/c1-13-6-4-7-16(10-13)23-19-11-14(2)21-20(25-19)24-18-9-5-8-17(12-18)22-15(3)26/h4-12H,1-3H3,(H,22,26)(H2,21,23,24,25). The first kappa shape index (κ1) is 17.4. The van der Waals surface area contributed by atoms with Gasteiger partial charge < -0.3 is 16.0 Å². The molecular weight excluding hydrogens is 326 g/mol. The van der Waals surface area contributed by atoms with E-state index in [1.165, 1.54) is 12.5 Å². The summed E-state index contributed by atoms with van der Waals surface area (Å²) in [6, 6.07) is 17.4. The van der Waals surface area contributed by atoms with Gasteiger partial charge in [0.25, 0.3) is 0 Å². The molecule has 0 fully saturated rings. The summed E-state index contributed by atoms with van der Waals surface area (Å²) in [5.74, 6) is 1.09. The number of aromatic nitrogens is 2. The van der Waals surface area contributed by atoms with Crippen molar-refractivity contribution in [1.82, 2.24) is 9.97 Å². The van der Waals surface area contributed by atoms with Gasteiger partial charge in [0.2, 0.25) is 11.9 Å². The highest BCUT2D eigenvalue weighted by Gasteiger charge is 2.05. The molecule has 0 saturated heterocycles. The zero-order chi connectivity index (χ0) is 18.5. The number of hydrogen-bond acceptors (Lipinski definition) is 5. The minimum Gasteiger partial charge on any atom is -0.340 e. The molecule has 0 saturated carbocycles. The highest BCUT2D eigenvalue weighted by molar-refractivity contribution is 5.89. The lowest BCUT2D eigenvalue weighted by atomic mass is 10.2. The number of carbonyl (C=O) groups excluding carboxylic acids is 1. The number of amides is 1. The lowest BCUT2D eigenvalue weighted by Crippen LogP contribution is -2.06. The Morgan fingerprint density at radius 1 is 0.846 bits per heavy atom. The Bertz CT molecular complexity index is 939. The van der Waals surface area contributed by atoms with Gasteiger partial charge in [-0.25, -0.2) is 4.98 Å². The number of aryl methyl sites for hydroxylation is 2. The van der Waals surface area contributed by atoms with Gasteiger partial charge in [-0.05, 0) is 49.7 Å². The lowest BCUT2D eigenvalue weighted by Gasteiger charge is -2.11. The summed E-state index contributed by atoms with van der Waals surface area (Å²) in [5.41, 5.74) is 4.50. The molecule has 0 atom stereocenters. The first-order valence-corrected chi connectivity index (χ1v) is 8.32. The monoisotopic (exact) mass is 347 g/mol. The van der Waals surface area contributed by atoms with Crippen LogP contribution in [-0.4, -0.2) is 15.9 Å². The van der Waals surface area contributed by atoms with Gasteiger partial charge in [-0.2, -0.15) is 4.98 Å². The van der Waals surface area contributed by atoms with Gasteiger partial charge in [0, 0.05) is 35.7 Å². The highest BCUT2D eigenvalue weighted by Crippen LogP contribution is 2.21. The number of nitrogens with zero attached hydrogens (tertiary/aromatic N) is 2. The van der Waals surface area contributed by atoms with Gasteiger partial charge in [0.15, 0.2) is 0 Å². The molecule has 1 amide bonds. The number of hydrogen-bond donors (Lipinski definition) is 3. The van der Waals surface area contributed by atoms with E-state index in [9.17, 15) is 4.79 Å². The number of rotatable bonds is 5. The maximum atomic E-state index is 11.2. The third-order valence-electron chi connectivity index (χ3n) is 3.58. The average molecular weight is 347 g/mol. The Hall–Kier alpha value is -3.41. The topological polar surface area (TPSA) is 78.9 Å². The van der Waals surface area contributed by atoms with Crippen molar-refractivity contribution >= 4 is 34.7 Å². The second kappa shape index (κ2) is 7.65. The normalized spacial score (nSPS) is 10.3. The molecule has 3 aromatic rings. The first-order chi connectivity index (χ1) is 12.5. The molecule has 2 aromatic carbocycles. The van der Waals surface area contributed by atoms with Gasteiger partial charge >= 0.3 is 0 Å². The number of anilines is 5.